The third-order valence-electron chi connectivity index (χ3n) is 3.44. The maximum Gasteiger partial charge on any atom is 0.285 e. The Hall–Kier alpha value is -1.17. The van der Waals surface area contributed by atoms with Crippen LogP contribution in [0.15, 0.2) is 0 Å². The molecule has 1 amide bonds. The highest BCUT2D eigenvalue weighted by molar-refractivity contribution is 7.17. The molecule has 0 unspecified atom stereocenters. The fraction of sp³-hybridized carbons (Fsp3) is 0.750. The molecular formula is C12H20N4OS. The van der Waals surface area contributed by atoms with Gasteiger partial charge in [0, 0.05) is 19.6 Å². The van der Waals surface area contributed by atoms with E-state index in [1.54, 1.807) is 7.05 Å². The molecule has 0 bridgehead atoms. The fourth-order valence-electron chi connectivity index (χ4n) is 2.49. The zero-order chi connectivity index (χ0) is 13.0. The number of nitrogens with zero attached hydrogens (tertiary/aromatic N) is 3. The van der Waals surface area contributed by atoms with Crippen LogP contribution < -0.4 is 5.32 Å². The second-order valence-corrected chi connectivity index (χ2v) is 5.52. The predicted octanol–water partition coefficient (Wildman–Crippen LogP) is 2.37. The highest BCUT2D eigenvalue weighted by Gasteiger charge is 2.27. The van der Waals surface area contributed by atoms with Gasteiger partial charge in [-0.1, -0.05) is 30.6 Å². The van der Waals surface area contributed by atoms with Crippen LogP contribution in [0.3, 0.4) is 0 Å². The zero-order valence-electron chi connectivity index (χ0n) is 11.0. The molecule has 1 aromatic rings. The van der Waals surface area contributed by atoms with E-state index in [4.69, 9.17) is 0 Å². The summed E-state index contributed by atoms with van der Waals surface area (Å²) in [4.78, 5) is 14.4. The second kappa shape index (κ2) is 6.13. The minimum Gasteiger partial charge on any atom is -0.363 e. The van der Waals surface area contributed by atoms with E-state index >= 15 is 0 Å². The molecule has 1 fully saturated rings. The molecule has 1 aliphatic rings. The van der Waals surface area contributed by atoms with Crippen LogP contribution in [0, 0.1) is 0 Å². The number of rotatable bonds is 4. The van der Waals surface area contributed by atoms with E-state index in [9.17, 15) is 4.79 Å². The Morgan fingerprint density at radius 2 is 2.11 bits per heavy atom. The van der Waals surface area contributed by atoms with Crippen LogP contribution in [0.5, 0.6) is 0 Å². The van der Waals surface area contributed by atoms with Crippen molar-refractivity contribution in [3.8, 4) is 0 Å². The number of carbonyl (C=O) groups is 1. The summed E-state index contributed by atoms with van der Waals surface area (Å²) in [6.45, 7) is 2.78. The van der Waals surface area contributed by atoms with Gasteiger partial charge in [-0.2, -0.15) is 0 Å². The molecule has 100 valence electrons. The summed E-state index contributed by atoms with van der Waals surface area (Å²) in [7, 11) is 1.79. The number of hydrogen-bond acceptors (Lipinski definition) is 5. The third kappa shape index (κ3) is 2.80. The van der Waals surface area contributed by atoms with Gasteiger partial charge in [0.25, 0.3) is 5.91 Å². The Morgan fingerprint density at radius 1 is 1.39 bits per heavy atom. The number of amides is 1. The normalized spacial score (nSPS) is 16.6. The van der Waals surface area contributed by atoms with Crippen molar-refractivity contribution in [1.29, 1.82) is 0 Å². The molecule has 6 heteroatoms. The van der Waals surface area contributed by atoms with Gasteiger partial charge in [-0.3, -0.25) is 4.79 Å². The number of aromatic nitrogens is 2. The Labute approximate surface area is 112 Å². The van der Waals surface area contributed by atoms with Gasteiger partial charge in [0.05, 0.1) is 0 Å². The average Bonchev–Trinajstić information content (AvgIpc) is 2.89. The van der Waals surface area contributed by atoms with E-state index in [1.165, 1.54) is 30.6 Å². The minimum absolute atomic E-state index is 0.0309. The molecule has 0 aliphatic heterocycles. The van der Waals surface area contributed by atoms with Crippen molar-refractivity contribution in [1.82, 2.24) is 15.1 Å². The van der Waals surface area contributed by atoms with E-state index in [-0.39, 0.29) is 5.91 Å². The molecule has 0 aromatic carbocycles. The molecule has 1 saturated carbocycles. The monoisotopic (exact) mass is 268 g/mol. The van der Waals surface area contributed by atoms with Crippen molar-refractivity contribution in [3.05, 3.63) is 5.01 Å². The van der Waals surface area contributed by atoms with E-state index in [0.717, 1.165) is 19.4 Å². The molecule has 0 atom stereocenters. The first kappa shape index (κ1) is 13.3. The van der Waals surface area contributed by atoms with Crippen LogP contribution in [-0.2, 0) is 0 Å². The smallest absolute Gasteiger partial charge is 0.285 e. The van der Waals surface area contributed by atoms with Gasteiger partial charge in [-0.25, -0.2) is 0 Å². The number of anilines is 1. The van der Waals surface area contributed by atoms with Crippen molar-refractivity contribution in [2.45, 2.75) is 45.1 Å². The first-order chi connectivity index (χ1) is 8.76. The Kier molecular flexibility index (Phi) is 4.52. The zero-order valence-corrected chi connectivity index (χ0v) is 11.8. The maximum atomic E-state index is 12.4. The van der Waals surface area contributed by atoms with Crippen molar-refractivity contribution in [3.63, 3.8) is 0 Å². The lowest BCUT2D eigenvalue weighted by Crippen LogP contribution is -2.41. The largest absolute Gasteiger partial charge is 0.363 e. The average molecular weight is 268 g/mol. The van der Waals surface area contributed by atoms with Crippen LogP contribution in [0.1, 0.15) is 48.8 Å². The summed E-state index contributed by atoms with van der Waals surface area (Å²) >= 11 is 1.32. The summed E-state index contributed by atoms with van der Waals surface area (Å²) in [6, 6.07) is 0.387. The Bertz CT molecular complexity index is 401. The summed E-state index contributed by atoms with van der Waals surface area (Å²) in [5, 5.41) is 12.0. The number of nitrogens with one attached hydrogen (secondary N) is 1. The Balaban J connectivity index is 2.08. The quantitative estimate of drug-likeness (QED) is 0.911. The van der Waals surface area contributed by atoms with Gasteiger partial charge < -0.3 is 10.2 Å². The minimum atomic E-state index is 0.0309. The van der Waals surface area contributed by atoms with Gasteiger partial charge in [0.2, 0.25) is 10.1 Å². The van der Waals surface area contributed by atoms with Crippen LogP contribution in [0.4, 0.5) is 5.13 Å². The summed E-state index contributed by atoms with van der Waals surface area (Å²) in [5.41, 5.74) is 0. The topological polar surface area (TPSA) is 58.1 Å². The van der Waals surface area contributed by atoms with Crippen molar-refractivity contribution in [2.75, 3.05) is 18.9 Å². The molecule has 1 aliphatic carbocycles. The van der Waals surface area contributed by atoms with Gasteiger partial charge >= 0.3 is 0 Å². The summed E-state index contributed by atoms with van der Waals surface area (Å²) in [6.07, 6.45) is 6.00. The molecule has 5 nitrogen and oxygen atoms in total. The van der Waals surface area contributed by atoms with E-state index in [1.807, 2.05) is 11.8 Å². The Morgan fingerprint density at radius 3 is 2.67 bits per heavy atom. The van der Waals surface area contributed by atoms with E-state index < -0.39 is 0 Å². The first-order valence-corrected chi connectivity index (χ1v) is 7.40. The fourth-order valence-corrected chi connectivity index (χ4v) is 3.15. The molecule has 0 spiro atoms. The maximum absolute atomic E-state index is 12.4. The molecule has 0 radical (unpaired) electrons. The van der Waals surface area contributed by atoms with Gasteiger partial charge in [-0.05, 0) is 19.8 Å². The van der Waals surface area contributed by atoms with Crippen LogP contribution >= 0.6 is 11.3 Å². The first-order valence-electron chi connectivity index (χ1n) is 6.58. The highest BCUT2D eigenvalue weighted by atomic mass is 32.1. The van der Waals surface area contributed by atoms with Gasteiger partial charge in [0.1, 0.15) is 0 Å². The molecule has 1 heterocycles. The third-order valence-corrected chi connectivity index (χ3v) is 4.37. The van der Waals surface area contributed by atoms with E-state index in [0.29, 0.717) is 16.2 Å². The summed E-state index contributed by atoms with van der Waals surface area (Å²) in [5.74, 6) is 0.0309. The van der Waals surface area contributed by atoms with Crippen molar-refractivity contribution < 1.29 is 4.79 Å². The lowest BCUT2D eigenvalue weighted by molar-refractivity contribution is 0.0646. The molecule has 2 rings (SSSR count). The standard InChI is InChI=1S/C12H20N4OS/c1-3-16(9-7-5-4-6-8-9)11(17)10-14-15-12(13-2)18-10/h9H,3-8H2,1-2H3,(H,13,15). The molecule has 1 aromatic heterocycles. The van der Waals surface area contributed by atoms with Crippen LogP contribution in [-0.4, -0.2) is 40.6 Å². The summed E-state index contributed by atoms with van der Waals surface area (Å²) < 4.78 is 0. The highest BCUT2D eigenvalue weighted by Crippen LogP contribution is 2.25. The van der Waals surface area contributed by atoms with Gasteiger partial charge in [-0.15, -0.1) is 10.2 Å². The lowest BCUT2D eigenvalue weighted by Gasteiger charge is -2.32. The number of carbonyl (C=O) groups excluding carboxylic acids is 1. The van der Waals surface area contributed by atoms with Crippen LogP contribution in [0.2, 0.25) is 0 Å². The number of hydrogen-bond donors (Lipinski definition) is 1. The van der Waals surface area contributed by atoms with Crippen molar-refractivity contribution in [2.24, 2.45) is 0 Å². The van der Waals surface area contributed by atoms with Crippen LogP contribution in [0.25, 0.3) is 0 Å². The lowest BCUT2D eigenvalue weighted by atomic mass is 9.94. The second-order valence-electron chi connectivity index (χ2n) is 4.55. The molecular weight excluding hydrogens is 248 g/mol. The molecule has 1 N–H and O–H groups in total. The predicted molar refractivity (Wildman–Crippen MR) is 73.0 cm³/mol. The molecule has 0 saturated heterocycles. The van der Waals surface area contributed by atoms with E-state index in [2.05, 4.69) is 15.5 Å². The van der Waals surface area contributed by atoms with Gasteiger partial charge in [0.15, 0.2) is 0 Å². The SMILES string of the molecule is CCN(C(=O)c1nnc(NC)s1)C1CCCCC1. The molecule has 18 heavy (non-hydrogen) atoms. The van der Waals surface area contributed by atoms with Crippen molar-refractivity contribution >= 4 is 22.4 Å².